The number of nitrogens with one attached hydrogen (secondary N) is 1. The monoisotopic (exact) mass is 355 g/mol. The van der Waals surface area contributed by atoms with Gasteiger partial charge in [0, 0.05) is 44.8 Å². The van der Waals surface area contributed by atoms with E-state index in [4.69, 9.17) is 0 Å². The highest BCUT2D eigenvalue weighted by atomic mass is 16.2. The summed E-state index contributed by atoms with van der Waals surface area (Å²) in [6, 6.07) is 6.82. The standard InChI is InChI=1S/C21H29N3O2/c1-15-5-3-6-18-19(15)22-20(26)21(18)9-7-17(8-10-21)24-12-4-11-23(13-14-24)16(2)25/h3,5-6,17H,4,7-14H2,1-2H3,(H,22,26). The Bertz CT molecular complexity index is 722. The van der Waals surface area contributed by atoms with Crippen molar-refractivity contribution in [3.05, 3.63) is 29.3 Å². The maximum absolute atomic E-state index is 12.8. The van der Waals surface area contributed by atoms with Crippen molar-refractivity contribution in [2.45, 2.75) is 57.4 Å². The van der Waals surface area contributed by atoms with Crippen molar-refractivity contribution in [2.75, 3.05) is 31.5 Å². The van der Waals surface area contributed by atoms with Gasteiger partial charge in [-0.2, -0.15) is 0 Å². The number of nitrogens with zero attached hydrogens (tertiary/aromatic N) is 2. The van der Waals surface area contributed by atoms with Crippen LogP contribution < -0.4 is 5.32 Å². The Morgan fingerprint density at radius 1 is 1.15 bits per heavy atom. The predicted molar refractivity (Wildman–Crippen MR) is 102 cm³/mol. The van der Waals surface area contributed by atoms with E-state index in [9.17, 15) is 9.59 Å². The van der Waals surface area contributed by atoms with Crippen molar-refractivity contribution in [3.63, 3.8) is 0 Å². The van der Waals surface area contributed by atoms with Crippen LogP contribution in [0.4, 0.5) is 5.69 Å². The minimum Gasteiger partial charge on any atom is -0.342 e. The van der Waals surface area contributed by atoms with E-state index in [2.05, 4.69) is 35.3 Å². The Morgan fingerprint density at radius 3 is 2.65 bits per heavy atom. The average molecular weight is 355 g/mol. The molecule has 4 rings (SSSR count). The summed E-state index contributed by atoms with van der Waals surface area (Å²) in [5.41, 5.74) is 3.09. The third-order valence-electron chi connectivity index (χ3n) is 6.76. The van der Waals surface area contributed by atoms with Crippen LogP contribution in [0.1, 0.15) is 50.2 Å². The minimum atomic E-state index is -0.324. The number of carbonyl (C=O) groups excluding carboxylic acids is 2. The predicted octanol–water partition coefficient (Wildman–Crippen LogP) is 2.68. The van der Waals surface area contributed by atoms with Gasteiger partial charge in [-0.3, -0.25) is 14.5 Å². The molecule has 3 aliphatic rings. The van der Waals surface area contributed by atoms with E-state index in [0.717, 1.165) is 69.5 Å². The summed E-state index contributed by atoms with van der Waals surface area (Å²) in [5, 5.41) is 3.15. The van der Waals surface area contributed by atoms with E-state index >= 15 is 0 Å². The molecule has 1 saturated carbocycles. The van der Waals surface area contributed by atoms with Gasteiger partial charge in [0.1, 0.15) is 0 Å². The van der Waals surface area contributed by atoms with Crippen molar-refractivity contribution in [1.82, 2.24) is 9.80 Å². The third kappa shape index (κ3) is 2.82. The molecule has 1 aliphatic carbocycles. The van der Waals surface area contributed by atoms with Crippen molar-refractivity contribution >= 4 is 17.5 Å². The molecule has 0 aromatic heterocycles. The van der Waals surface area contributed by atoms with Gasteiger partial charge in [0.2, 0.25) is 11.8 Å². The van der Waals surface area contributed by atoms with E-state index in [1.165, 1.54) is 5.56 Å². The zero-order valence-corrected chi connectivity index (χ0v) is 15.9. The van der Waals surface area contributed by atoms with Crippen LogP contribution in [0.2, 0.25) is 0 Å². The number of rotatable bonds is 1. The van der Waals surface area contributed by atoms with Crippen molar-refractivity contribution in [2.24, 2.45) is 0 Å². The lowest BCUT2D eigenvalue weighted by Crippen LogP contribution is -2.46. The second-order valence-electron chi connectivity index (χ2n) is 8.16. The molecule has 26 heavy (non-hydrogen) atoms. The Hall–Kier alpha value is -1.88. The molecule has 2 amide bonds. The van der Waals surface area contributed by atoms with Crippen LogP contribution in [0.3, 0.4) is 0 Å². The normalized spacial score (nSPS) is 29.4. The number of carbonyl (C=O) groups is 2. The molecule has 0 radical (unpaired) electrons. The molecule has 1 aromatic rings. The molecule has 140 valence electrons. The van der Waals surface area contributed by atoms with E-state index in [-0.39, 0.29) is 17.2 Å². The van der Waals surface area contributed by atoms with Gasteiger partial charge in [-0.1, -0.05) is 18.2 Å². The lowest BCUT2D eigenvalue weighted by atomic mass is 9.68. The summed E-state index contributed by atoms with van der Waals surface area (Å²) in [4.78, 5) is 29.0. The molecule has 5 heteroatoms. The fourth-order valence-corrected chi connectivity index (χ4v) is 5.16. The number of fused-ring (bicyclic) bond motifs is 2. The largest absolute Gasteiger partial charge is 0.342 e. The highest BCUT2D eigenvalue weighted by Crippen LogP contribution is 2.49. The van der Waals surface area contributed by atoms with Gasteiger partial charge in [0.25, 0.3) is 0 Å². The second kappa shape index (κ2) is 6.69. The fraction of sp³-hybridized carbons (Fsp3) is 0.619. The molecule has 0 bridgehead atoms. The summed E-state index contributed by atoms with van der Waals surface area (Å²) in [6.45, 7) is 7.46. The average Bonchev–Trinajstić information content (AvgIpc) is 2.80. The number of hydrogen-bond acceptors (Lipinski definition) is 3. The fourth-order valence-electron chi connectivity index (χ4n) is 5.16. The number of anilines is 1. The molecule has 1 aromatic carbocycles. The first-order chi connectivity index (χ1) is 12.5. The van der Waals surface area contributed by atoms with Crippen LogP contribution in [0.5, 0.6) is 0 Å². The van der Waals surface area contributed by atoms with Crippen LogP contribution in [0.15, 0.2) is 18.2 Å². The lowest BCUT2D eigenvalue weighted by molar-refractivity contribution is -0.128. The summed E-state index contributed by atoms with van der Waals surface area (Å²) in [5.74, 6) is 0.378. The summed E-state index contributed by atoms with van der Waals surface area (Å²) < 4.78 is 0. The first kappa shape index (κ1) is 17.5. The zero-order chi connectivity index (χ0) is 18.3. The molecule has 5 nitrogen and oxygen atoms in total. The van der Waals surface area contributed by atoms with Crippen molar-refractivity contribution in [3.8, 4) is 0 Å². The Morgan fingerprint density at radius 2 is 1.92 bits per heavy atom. The van der Waals surface area contributed by atoms with Gasteiger partial charge in [0.15, 0.2) is 0 Å². The van der Waals surface area contributed by atoms with Crippen LogP contribution in [-0.2, 0) is 15.0 Å². The van der Waals surface area contributed by atoms with E-state index < -0.39 is 0 Å². The molecule has 1 spiro atoms. The number of amides is 2. The van der Waals surface area contributed by atoms with Crippen LogP contribution in [0, 0.1) is 6.92 Å². The molecule has 2 aliphatic heterocycles. The Labute approximate surface area is 155 Å². The van der Waals surface area contributed by atoms with Gasteiger partial charge < -0.3 is 10.2 Å². The highest BCUT2D eigenvalue weighted by Gasteiger charge is 2.49. The van der Waals surface area contributed by atoms with Gasteiger partial charge >= 0.3 is 0 Å². The number of aryl methyl sites for hydroxylation is 1. The number of benzene rings is 1. The summed E-state index contributed by atoms with van der Waals surface area (Å²) in [6.07, 6.45) is 5.01. The van der Waals surface area contributed by atoms with Gasteiger partial charge in [-0.05, 0) is 50.2 Å². The molecular formula is C21H29N3O2. The Balaban J connectivity index is 1.46. The molecule has 2 fully saturated rings. The molecule has 2 heterocycles. The Kier molecular flexibility index (Phi) is 4.51. The molecule has 1 saturated heterocycles. The maximum atomic E-state index is 12.8. The van der Waals surface area contributed by atoms with Crippen molar-refractivity contribution in [1.29, 1.82) is 0 Å². The molecule has 0 unspecified atom stereocenters. The maximum Gasteiger partial charge on any atom is 0.235 e. The van der Waals surface area contributed by atoms with Crippen LogP contribution in [0.25, 0.3) is 0 Å². The minimum absolute atomic E-state index is 0.184. The van der Waals surface area contributed by atoms with Crippen LogP contribution >= 0.6 is 0 Å². The number of para-hydroxylation sites is 1. The van der Waals surface area contributed by atoms with Gasteiger partial charge in [0.05, 0.1) is 5.41 Å². The van der Waals surface area contributed by atoms with E-state index in [0.29, 0.717) is 6.04 Å². The van der Waals surface area contributed by atoms with Gasteiger partial charge in [-0.25, -0.2) is 0 Å². The first-order valence-electron chi connectivity index (χ1n) is 9.92. The molecule has 1 N–H and O–H groups in total. The topological polar surface area (TPSA) is 52.7 Å². The second-order valence-corrected chi connectivity index (χ2v) is 8.16. The van der Waals surface area contributed by atoms with Crippen molar-refractivity contribution < 1.29 is 9.59 Å². The SMILES string of the molecule is CC(=O)N1CCCN(C2CCC3(CC2)C(=O)Nc2c(C)cccc23)CC1. The molecular weight excluding hydrogens is 326 g/mol. The zero-order valence-electron chi connectivity index (χ0n) is 15.9. The smallest absolute Gasteiger partial charge is 0.235 e. The van der Waals surface area contributed by atoms with E-state index in [1.807, 2.05) is 4.90 Å². The van der Waals surface area contributed by atoms with E-state index in [1.54, 1.807) is 6.92 Å². The van der Waals surface area contributed by atoms with Gasteiger partial charge in [-0.15, -0.1) is 0 Å². The van der Waals surface area contributed by atoms with Crippen LogP contribution in [-0.4, -0.2) is 53.8 Å². The highest BCUT2D eigenvalue weighted by molar-refractivity contribution is 6.07. The summed E-state index contributed by atoms with van der Waals surface area (Å²) in [7, 11) is 0. The quantitative estimate of drug-likeness (QED) is 0.843. The number of hydrogen-bond donors (Lipinski definition) is 1. The third-order valence-corrected chi connectivity index (χ3v) is 6.76. The first-order valence-corrected chi connectivity index (χ1v) is 9.92. The lowest BCUT2D eigenvalue weighted by Gasteiger charge is -2.40. The molecule has 0 atom stereocenters. The summed E-state index contributed by atoms with van der Waals surface area (Å²) >= 11 is 0.